The lowest BCUT2D eigenvalue weighted by Gasteiger charge is -2.09. The van der Waals surface area contributed by atoms with Crippen LogP contribution in [0, 0.1) is 0 Å². The van der Waals surface area contributed by atoms with Gasteiger partial charge in [0, 0.05) is 10.4 Å². The summed E-state index contributed by atoms with van der Waals surface area (Å²) >= 11 is 5.68. The van der Waals surface area contributed by atoms with E-state index in [2.05, 4.69) is 0 Å². The van der Waals surface area contributed by atoms with Gasteiger partial charge in [0.15, 0.2) is 0 Å². The average Bonchev–Trinajstić information content (AvgIpc) is 2.35. The van der Waals surface area contributed by atoms with Crippen molar-refractivity contribution in [3.05, 3.63) is 40.3 Å². The fourth-order valence-electron chi connectivity index (χ4n) is 1.15. The molecule has 0 heterocycles. The molecule has 0 amide bonds. The Labute approximate surface area is 115 Å². The second-order valence-corrected chi connectivity index (χ2v) is 5.62. The molecule has 0 bridgehead atoms. The zero-order valence-electron chi connectivity index (χ0n) is 9.65. The molecule has 8 heteroatoms. The van der Waals surface area contributed by atoms with E-state index in [1.807, 2.05) is 4.72 Å². The molecule has 6 nitrogen and oxygen atoms in total. The number of aliphatic hydroxyl groups is 1. The van der Waals surface area contributed by atoms with Crippen molar-refractivity contribution in [3.8, 4) is 0 Å². The third-order valence-electron chi connectivity index (χ3n) is 2.10. The third-order valence-corrected chi connectivity index (χ3v) is 3.46. The van der Waals surface area contributed by atoms with Crippen LogP contribution < -0.4 is 4.72 Å². The number of carbonyl (C=O) groups is 1. The van der Waals surface area contributed by atoms with E-state index < -0.39 is 28.6 Å². The van der Waals surface area contributed by atoms with Crippen molar-refractivity contribution in [1.29, 1.82) is 0 Å². The SMILES string of the molecule is O=C(O)C(CO)NS(=O)(=O)/C=C/c1ccc(Cl)cc1. The summed E-state index contributed by atoms with van der Waals surface area (Å²) in [6.45, 7) is -0.830. The number of carboxylic acid groups (broad SMARTS) is 1. The van der Waals surface area contributed by atoms with Crippen LogP contribution in [0.1, 0.15) is 5.56 Å². The van der Waals surface area contributed by atoms with Crippen molar-refractivity contribution < 1.29 is 23.4 Å². The van der Waals surface area contributed by atoms with E-state index in [1.165, 1.54) is 6.08 Å². The quantitative estimate of drug-likeness (QED) is 0.717. The number of rotatable bonds is 6. The normalized spacial score (nSPS) is 13.6. The van der Waals surface area contributed by atoms with Crippen LogP contribution in [0.3, 0.4) is 0 Å². The summed E-state index contributed by atoms with van der Waals surface area (Å²) in [6.07, 6.45) is 1.29. The molecular formula is C11H12ClNO5S. The van der Waals surface area contributed by atoms with Crippen LogP contribution in [0.15, 0.2) is 29.7 Å². The average molecular weight is 306 g/mol. The van der Waals surface area contributed by atoms with Gasteiger partial charge in [-0.15, -0.1) is 0 Å². The van der Waals surface area contributed by atoms with Crippen molar-refractivity contribution in [2.75, 3.05) is 6.61 Å². The smallest absolute Gasteiger partial charge is 0.324 e. The van der Waals surface area contributed by atoms with Crippen LogP contribution in [0.25, 0.3) is 6.08 Å². The third kappa shape index (κ3) is 5.39. The maximum atomic E-state index is 11.5. The highest BCUT2D eigenvalue weighted by Gasteiger charge is 2.21. The molecule has 3 N–H and O–H groups in total. The monoisotopic (exact) mass is 305 g/mol. The van der Waals surface area contributed by atoms with Gasteiger partial charge in [-0.3, -0.25) is 4.79 Å². The minimum Gasteiger partial charge on any atom is -0.480 e. The Hall–Kier alpha value is -1.41. The summed E-state index contributed by atoms with van der Waals surface area (Å²) < 4.78 is 24.9. The predicted octanol–water partition coefficient (Wildman–Crippen LogP) is 0.676. The molecule has 0 spiro atoms. The molecule has 0 saturated heterocycles. The van der Waals surface area contributed by atoms with Crippen molar-refractivity contribution in [2.24, 2.45) is 0 Å². The first kappa shape index (κ1) is 15.6. The first-order valence-corrected chi connectivity index (χ1v) is 7.06. The number of benzene rings is 1. The van der Waals surface area contributed by atoms with Gasteiger partial charge in [0.1, 0.15) is 6.04 Å². The summed E-state index contributed by atoms with van der Waals surface area (Å²) in [5, 5.41) is 18.7. The molecule has 1 rings (SSSR count). The van der Waals surface area contributed by atoms with Crippen molar-refractivity contribution in [3.63, 3.8) is 0 Å². The second kappa shape index (κ2) is 6.67. The Balaban J connectivity index is 2.79. The number of aliphatic hydroxyl groups excluding tert-OH is 1. The van der Waals surface area contributed by atoms with Gasteiger partial charge in [-0.1, -0.05) is 23.7 Å². The Morgan fingerprint density at radius 1 is 1.37 bits per heavy atom. The number of sulfonamides is 1. The minimum atomic E-state index is -3.95. The lowest BCUT2D eigenvalue weighted by Crippen LogP contribution is -2.42. The van der Waals surface area contributed by atoms with Crippen molar-refractivity contribution in [2.45, 2.75) is 6.04 Å². The van der Waals surface area contributed by atoms with Crippen LogP contribution in [0.5, 0.6) is 0 Å². The highest BCUT2D eigenvalue weighted by molar-refractivity contribution is 7.92. The number of hydrogen-bond acceptors (Lipinski definition) is 4. The predicted molar refractivity (Wildman–Crippen MR) is 71.1 cm³/mol. The van der Waals surface area contributed by atoms with E-state index in [0.717, 1.165) is 5.41 Å². The van der Waals surface area contributed by atoms with Gasteiger partial charge in [0.25, 0.3) is 0 Å². The van der Waals surface area contributed by atoms with E-state index in [4.69, 9.17) is 21.8 Å². The highest BCUT2D eigenvalue weighted by atomic mass is 35.5. The number of hydrogen-bond donors (Lipinski definition) is 3. The molecule has 104 valence electrons. The maximum Gasteiger partial charge on any atom is 0.324 e. The number of nitrogens with one attached hydrogen (secondary N) is 1. The molecule has 1 aromatic carbocycles. The van der Waals surface area contributed by atoms with Crippen molar-refractivity contribution in [1.82, 2.24) is 4.72 Å². The molecule has 0 fully saturated rings. The summed E-state index contributed by atoms with van der Waals surface area (Å²) in [7, 11) is -3.95. The van der Waals surface area contributed by atoms with Crippen LogP contribution in [0.4, 0.5) is 0 Å². The van der Waals surface area contributed by atoms with Gasteiger partial charge in [0.2, 0.25) is 10.0 Å². The second-order valence-electron chi connectivity index (χ2n) is 3.59. The fraction of sp³-hybridized carbons (Fsp3) is 0.182. The molecule has 0 radical (unpaired) electrons. The van der Waals surface area contributed by atoms with Crippen LogP contribution in [-0.4, -0.2) is 37.2 Å². The Morgan fingerprint density at radius 2 is 1.95 bits per heavy atom. The lowest BCUT2D eigenvalue weighted by molar-refractivity contribution is -0.139. The molecule has 0 aliphatic heterocycles. The van der Waals surface area contributed by atoms with Crippen LogP contribution >= 0.6 is 11.6 Å². The molecule has 19 heavy (non-hydrogen) atoms. The Bertz CT molecular complexity index is 567. The van der Waals surface area contributed by atoms with E-state index in [1.54, 1.807) is 24.3 Å². The largest absolute Gasteiger partial charge is 0.480 e. The van der Waals surface area contributed by atoms with E-state index in [0.29, 0.717) is 10.6 Å². The van der Waals surface area contributed by atoms with E-state index in [9.17, 15) is 13.2 Å². The van der Waals surface area contributed by atoms with Gasteiger partial charge in [-0.05, 0) is 23.8 Å². The Kier molecular flexibility index (Phi) is 5.49. The van der Waals surface area contributed by atoms with Gasteiger partial charge < -0.3 is 10.2 Å². The topological polar surface area (TPSA) is 104 Å². The first-order valence-electron chi connectivity index (χ1n) is 5.14. The molecular weight excluding hydrogens is 294 g/mol. The summed E-state index contributed by atoms with van der Waals surface area (Å²) in [5.41, 5.74) is 0.589. The molecule has 0 saturated carbocycles. The zero-order valence-corrected chi connectivity index (χ0v) is 11.2. The van der Waals surface area contributed by atoms with Crippen LogP contribution in [-0.2, 0) is 14.8 Å². The highest BCUT2D eigenvalue weighted by Crippen LogP contribution is 2.11. The zero-order chi connectivity index (χ0) is 14.5. The first-order chi connectivity index (χ1) is 8.84. The number of aliphatic carboxylic acids is 1. The van der Waals surface area contributed by atoms with Crippen LogP contribution in [0.2, 0.25) is 5.02 Å². The van der Waals surface area contributed by atoms with Crippen molar-refractivity contribution >= 4 is 33.7 Å². The molecule has 1 unspecified atom stereocenters. The summed E-state index contributed by atoms with van der Waals surface area (Å²) in [4.78, 5) is 10.6. The van der Waals surface area contributed by atoms with Gasteiger partial charge >= 0.3 is 5.97 Å². The lowest BCUT2D eigenvalue weighted by atomic mass is 10.2. The maximum absolute atomic E-state index is 11.5. The minimum absolute atomic E-state index is 0.518. The molecule has 0 aliphatic rings. The fourth-order valence-corrected chi connectivity index (χ4v) is 2.26. The van der Waals surface area contributed by atoms with Gasteiger partial charge in [-0.2, -0.15) is 4.72 Å². The molecule has 1 aromatic rings. The summed E-state index contributed by atoms with van der Waals surface area (Å²) in [5.74, 6) is -1.45. The molecule has 0 aliphatic carbocycles. The van der Waals surface area contributed by atoms with E-state index in [-0.39, 0.29) is 0 Å². The molecule has 1 atom stereocenters. The Morgan fingerprint density at radius 3 is 2.42 bits per heavy atom. The number of carboxylic acids is 1. The summed E-state index contributed by atoms with van der Waals surface area (Å²) in [6, 6.07) is 4.83. The van der Waals surface area contributed by atoms with E-state index >= 15 is 0 Å². The number of halogens is 1. The standard InChI is InChI=1S/C11H12ClNO5S/c12-9-3-1-8(2-4-9)5-6-19(17,18)13-10(7-14)11(15)16/h1-6,10,13-14H,7H2,(H,15,16)/b6-5+. The van der Waals surface area contributed by atoms with Gasteiger partial charge in [-0.25, -0.2) is 8.42 Å². The van der Waals surface area contributed by atoms with Gasteiger partial charge in [0.05, 0.1) is 6.61 Å². The molecule has 0 aromatic heterocycles.